The second kappa shape index (κ2) is 9.58. The quantitative estimate of drug-likeness (QED) is 0.293. The van der Waals surface area contributed by atoms with Crippen molar-refractivity contribution < 1.29 is 140 Å². The molecule has 2 aromatic rings. The zero-order chi connectivity index (χ0) is 17.8. The van der Waals surface area contributed by atoms with Gasteiger partial charge in [0.25, 0.3) is 0 Å². The van der Waals surface area contributed by atoms with Gasteiger partial charge in [-0.2, -0.15) is 0 Å². The van der Waals surface area contributed by atoms with Crippen molar-refractivity contribution in [3.05, 3.63) is 46.5 Å². The number of phenolic OH excluding ortho intramolecular Hbond substituents is 2. The number of benzene rings is 2. The maximum atomic E-state index is 12.6. The molecule has 124 valence electrons. The molecular weight excluding hydrogens is 438 g/mol. The monoisotopic (exact) mass is 444 g/mol. The zero-order valence-electron chi connectivity index (χ0n) is 13.5. The fourth-order valence-corrected chi connectivity index (χ4v) is 3.40. The van der Waals surface area contributed by atoms with Gasteiger partial charge in [-0.3, -0.25) is 18.0 Å². The molecule has 2 N–H and O–H groups in total. The van der Waals surface area contributed by atoms with Crippen LogP contribution in [0.4, 0.5) is 0 Å². The summed E-state index contributed by atoms with van der Waals surface area (Å²) in [5.41, 5.74) is -1.68. The van der Waals surface area contributed by atoms with Crippen molar-refractivity contribution >= 4 is 33.7 Å². The van der Waals surface area contributed by atoms with Crippen LogP contribution in [0.3, 0.4) is 0 Å². The van der Waals surface area contributed by atoms with Crippen LogP contribution in [0.2, 0.25) is 0 Å². The maximum Gasteiger partial charge on any atom is 1.00 e. The van der Waals surface area contributed by atoms with Gasteiger partial charge in [0.15, 0.2) is 5.78 Å². The first-order chi connectivity index (χ1) is 11.3. The Hall–Kier alpha value is 0.873. The Labute approximate surface area is 237 Å². The topological polar surface area (TPSA) is 155 Å². The Morgan fingerprint density at radius 1 is 0.692 bits per heavy atom. The number of aromatic hydroxyl groups is 2. The van der Waals surface area contributed by atoms with Crippen LogP contribution in [0, 0.1) is 0 Å². The number of carbonyl (C=O) groups excluding carboxylic acids is 2. The molecule has 12 heteroatoms. The summed E-state index contributed by atoms with van der Waals surface area (Å²) in [6.07, 6.45) is 0. The van der Waals surface area contributed by atoms with E-state index in [0.717, 1.165) is 24.3 Å². The summed E-state index contributed by atoms with van der Waals surface area (Å²) < 4.78 is 44.3. The van der Waals surface area contributed by atoms with Crippen LogP contribution in [0.1, 0.15) is 31.8 Å². The minimum absolute atomic E-state index is 0. The molecule has 8 nitrogen and oxygen atoms in total. The van der Waals surface area contributed by atoms with Crippen molar-refractivity contribution in [3.63, 3.8) is 0 Å². The summed E-state index contributed by atoms with van der Waals surface area (Å²) in [6.45, 7) is 0. The number of hydrogen-bond acceptors (Lipinski definition) is 8. The summed E-state index contributed by atoms with van der Waals surface area (Å²) in [5, 5.41) is 20.0. The SMILES string of the molecule is O=C1c2ccc(S(=O)[O-])c(O)c2C(=O)c2c1ccc(S(=O)[O-])c2O.[K+].[K+]. The largest absolute Gasteiger partial charge is 1.00 e. The van der Waals surface area contributed by atoms with Gasteiger partial charge in [-0.15, -0.1) is 0 Å². The first-order valence-corrected chi connectivity index (χ1v) is 8.40. The minimum atomic E-state index is -2.86. The summed E-state index contributed by atoms with van der Waals surface area (Å²) in [5.74, 6) is -3.67. The molecule has 0 fully saturated rings. The van der Waals surface area contributed by atoms with Crippen LogP contribution in [-0.2, 0) is 22.2 Å². The number of phenols is 2. The molecule has 1 aliphatic carbocycles. The van der Waals surface area contributed by atoms with Gasteiger partial charge in [-0.05, 0) is 46.4 Å². The third-order valence-corrected chi connectivity index (χ3v) is 4.96. The van der Waals surface area contributed by atoms with Crippen LogP contribution >= 0.6 is 0 Å². The van der Waals surface area contributed by atoms with Crippen molar-refractivity contribution in [1.82, 2.24) is 0 Å². The first kappa shape index (κ1) is 24.9. The van der Waals surface area contributed by atoms with Gasteiger partial charge < -0.3 is 19.3 Å². The molecule has 0 bridgehead atoms. The van der Waals surface area contributed by atoms with E-state index in [1.807, 2.05) is 0 Å². The molecule has 0 spiro atoms. The second-order valence-corrected chi connectivity index (χ2v) is 6.62. The van der Waals surface area contributed by atoms with Gasteiger partial charge in [-0.1, -0.05) is 0 Å². The van der Waals surface area contributed by atoms with E-state index in [2.05, 4.69) is 0 Å². The normalized spacial score (nSPS) is 14.4. The van der Waals surface area contributed by atoms with Crippen LogP contribution < -0.4 is 103 Å². The van der Waals surface area contributed by atoms with Crippen molar-refractivity contribution in [1.29, 1.82) is 0 Å². The Balaban J connectivity index is 0.00000169. The van der Waals surface area contributed by atoms with E-state index in [4.69, 9.17) is 0 Å². The third kappa shape index (κ3) is 4.09. The van der Waals surface area contributed by atoms with E-state index in [1.54, 1.807) is 0 Å². The average Bonchev–Trinajstić information content (AvgIpc) is 2.51. The van der Waals surface area contributed by atoms with E-state index < -0.39 is 66.1 Å². The summed E-state index contributed by atoms with van der Waals surface area (Å²) in [7, 11) is 0. The number of fused-ring (bicyclic) bond motifs is 2. The molecule has 2 aromatic carbocycles. The van der Waals surface area contributed by atoms with E-state index >= 15 is 0 Å². The van der Waals surface area contributed by atoms with Gasteiger partial charge in [-0.25, -0.2) is 0 Å². The van der Waals surface area contributed by atoms with Gasteiger partial charge in [0, 0.05) is 11.1 Å². The average molecular weight is 445 g/mol. The molecule has 3 rings (SSSR count). The molecule has 0 aromatic heterocycles. The third-order valence-electron chi connectivity index (χ3n) is 3.58. The van der Waals surface area contributed by atoms with Crippen LogP contribution in [0.25, 0.3) is 0 Å². The predicted molar refractivity (Wildman–Crippen MR) is 77.5 cm³/mol. The number of rotatable bonds is 2. The standard InChI is InChI=1S/C14H8O8S2.2K/c15-11-5-1-3-7(23(19)20)12(16)9(5)14(18)10-6(11)2-4-8(13(10)17)24(21)22;;/h1-4,16-17H,(H,19,20)(H,21,22);;/q;2*+1/p-2. The van der Waals surface area contributed by atoms with Crippen LogP contribution in [-0.4, -0.2) is 39.3 Å². The molecule has 0 amide bonds. The van der Waals surface area contributed by atoms with Crippen LogP contribution in [0.15, 0.2) is 34.1 Å². The molecular formula is C14H6K2O8S2. The Morgan fingerprint density at radius 2 is 1.04 bits per heavy atom. The predicted octanol–water partition coefficient (Wildman–Crippen LogP) is -5.64. The number of carbonyl (C=O) groups is 2. The molecule has 0 radical (unpaired) electrons. The fraction of sp³-hybridized carbons (Fsp3) is 0. The molecule has 0 heterocycles. The van der Waals surface area contributed by atoms with E-state index in [1.165, 1.54) is 0 Å². The Morgan fingerprint density at radius 3 is 1.35 bits per heavy atom. The summed E-state index contributed by atoms with van der Waals surface area (Å²) >= 11 is -5.73. The Bertz CT molecular complexity index is 914. The molecule has 0 saturated heterocycles. The second-order valence-electron chi connectivity index (χ2n) is 4.80. The van der Waals surface area contributed by atoms with Crippen molar-refractivity contribution in [2.45, 2.75) is 9.79 Å². The summed E-state index contributed by atoms with van der Waals surface area (Å²) in [4.78, 5) is 23.8. The van der Waals surface area contributed by atoms with Gasteiger partial charge in [0.1, 0.15) is 11.5 Å². The van der Waals surface area contributed by atoms with Crippen molar-refractivity contribution in [2.75, 3.05) is 0 Å². The minimum Gasteiger partial charge on any atom is -0.768 e. The maximum absolute atomic E-state index is 12.6. The number of hydrogen-bond donors (Lipinski definition) is 2. The van der Waals surface area contributed by atoms with E-state index in [0.29, 0.717) is 0 Å². The van der Waals surface area contributed by atoms with E-state index in [9.17, 15) is 37.3 Å². The van der Waals surface area contributed by atoms with Gasteiger partial charge >= 0.3 is 103 Å². The molecule has 2 atom stereocenters. The van der Waals surface area contributed by atoms with Gasteiger partial charge in [0.05, 0.1) is 20.9 Å². The summed E-state index contributed by atoms with van der Waals surface area (Å²) in [6, 6.07) is 4.07. The van der Waals surface area contributed by atoms with Crippen molar-refractivity contribution in [3.8, 4) is 11.5 Å². The van der Waals surface area contributed by atoms with Gasteiger partial charge in [0.2, 0.25) is 5.78 Å². The molecule has 0 aliphatic heterocycles. The van der Waals surface area contributed by atoms with Crippen LogP contribution in [0.5, 0.6) is 11.5 Å². The molecule has 1 aliphatic rings. The number of ketones is 2. The van der Waals surface area contributed by atoms with E-state index in [-0.39, 0.29) is 114 Å². The fourth-order valence-electron chi connectivity index (χ4n) is 2.52. The zero-order valence-corrected chi connectivity index (χ0v) is 21.3. The smallest absolute Gasteiger partial charge is 0.768 e. The van der Waals surface area contributed by atoms with Crippen molar-refractivity contribution in [2.24, 2.45) is 0 Å². The first-order valence-electron chi connectivity index (χ1n) is 6.25. The Kier molecular flexibility index (Phi) is 9.18. The molecule has 26 heavy (non-hydrogen) atoms. The molecule has 0 saturated carbocycles. The molecule has 2 unspecified atom stereocenters.